The van der Waals surface area contributed by atoms with Gasteiger partial charge in [-0.25, -0.2) is 0 Å². The maximum Gasteiger partial charge on any atom is 0.0741 e. The van der Waals surface area contributed by atoms with Gasteiger partial charge in [0.05, 0.1) is 5.60 Å². The van der Waals surface area contributed by atoms with Crippen LogP contribution in [-0.4, -0.2) is 35.3 Å². The Kier molecular flexibility index (Phi) is 5.97. The molecule has 0 aliphatic heterocycles. The van der Waals surface area contributed by atoms with Gasteiger partial charge in [0.25, 0.3) is 0 Å². The van der Waals surface area contributed by atoms with Crippen molar-refractivity contribution in [1.82, 2.24) is 5.32 Å². The number of hydrogen-bond donors (Lipinski definition) is 2. The topological polar surface area (TPSA) is 32.3 Å². The van der Waals surface area contributed by atoms with Crippen molar-refractivity contribution in [2.75, 3.05) is 18.6 Å². The van der Waals surface area contributed by atoms with Crippen LogP contribution in [0.2, 0.25) is 0 Å². The molecule has 3 heteroatoms. The average Bonchev–Trinajstić information content (AvgIpc) is 2.02. The second-order valence-electron chi connectivity index (χ2n) is 3.59. The van der Waals surface area contributed by atoms with E-state index in [1.807, 2.05) is 25.6 Å². The standard InChI is InChI=1S/C9H21NOS/c1-5-9(3,11)7-10-8(2)6-12-4/h8,10-11H,5-7H2,1-4H3. The molecular weight excluding hydrogens is 170 g/mol. The third-order valence-electron chi connectivity index (χ3n) is 2.01. The Labute approximate surface area is 80.1 Å². The molecule has 2 N–H and O–H groups in total. The molecule has 2 unspecified atom stereocenters. The van der Waals surface area contributed by atoms with Crippen molar-refractivity contribution >= 4 is 11.8 Å². The van der Waals surface area contributed by atoms with Gasteiger partial charge in [-0.15, -0.1) is 0 Å². The molecule has 0 aromatic carbocycles. The molecule has 2 nitrogen and oxygen atoms in total. The van der Waals surface area contributed by atoms with E-state index >= 15 is 0 Å². The maximum atomic E-state index is 9.67. The third-order valence-corrected chi connectivity index (χ3v) is 2.84. The van der Waals surface area contributed by atoms with Crippen molar-refractivity contribution in [2.24, 2.45) is 0 Å². The first-order chi connectivity index (χ1) is 5.52. The van der Waals surface area contributed by atoms with E-state index in [4.69, 9.17) is 0 Å². The van der Waals surface area contributed by atoms with Crippen LogP contribution in [-0.2, 0) is 0 Å². The largest absolute Gasteiger partial charge is 0.389 e. The van der Waals surface area contributed by atoms with E-state index in [2.05, 4.69) is 18.5 Å². The molecule has 0 spiro atoms. The highest BCUT2D eigenvalue weighted by molar-refractivity contribution is 7.98. The van der Waals surface area contributed by atoms with Gasteiger partial charge < -0.3 is 10.4 Å². The molecule has 2 atom stereocenters. The van der Waals surface area contributed by atoms with Crippen LogP contribution >= 0.6 is 11.8 Å². The van der Waals surface area contributed by atoms with Gasteiger partial charge >= 0.3 is 0 Å². The van der Waals surface area contributed by atoms with Crippen molar-refractivity contribution in [2.45, 2.75) is 38.8 Å². The lowest BCUT2D eigenvalue weighted by Crippen LogP contribution is -2.41. The Balaban J connectivity index is 3.52. The van der Waals surface area contributed by atoms with Gasteiger partial charge in [0, 0.05) is 18.3 Å². The summed E-state index contributed by atoms with van der Waals surface area (Å²) in [5, 5.41) is 13.0. The van der Waals surface area contributed by atoms with Crippen LogP contribution in [0.15, 0.2) is 0 Å². The van der Waals surface area contributed by atoms with E-state index < -0.39 is 5.60 Å². The zero-order chi connectivity index (χ0) is 9.61. The van der Waals surface area contributed by atoms with E-state index in [1.54, 1.807) is 0 Å². The van der Waals surface area contributed by atoms with Crippen LogP contribution < -0.4 is 5.32 Å². The summed E-state index contributed by atoms with van der Waals surface area (Å²) in [5.74, 6) is 1.10. The molecule has 12 heavy (non-hydrogen) atoms. The zero-order valence-corrected chi connectivity index (χ0v) is 9.37. The number of thioether (sulfide) groups is 1. The first-order valence-corrected chi connectivity index (χ1v) is 5.86. The summed E-state index contributed by atoms with van der Waals surface area (Å²) >= 11 is 1.82. The Morgan fingerprint density at radius 1 is 1.58 bits per heavy atom. The molecule has 0 fully saturated rings. The quantitative estimate of drug-likeness (QED) is 0.667. The van der Waals surface area contributed by atoms with Gasteiger partial charge in [0.2, 0.25) is 0 Å². The number of nitrogens with one attached hydrogen (secondary N) is 1. The lowest BCUT2D eigenvalue weighted by molar-refractivity contribution is 0.0540. The average molecular weight is 191 g/mol. The summed E-state index contributed by atoms with van der Waals surface area (Å²) in [6.45, 7) is 6.69. The summed E-state index contributed by atoms with van der Waals surface area (Å²) in [4.78, 5) is 0. The van der Waals surface area contributed by atoms with E-state index in [0.29, 0.717) is 12.6 Å². The van der Waals surface area contributed by atoms with Crippen LogP contribution in [0.1, 0.15) is 27.2 Å². The highest BCUT2D eigenvalue weighted by Crippen LogP contribution is 2.07. The number of hydrogen-bond acceptors (Lipinski definition) is 3. The minimum absolute atomic E-state index is 0.484. The fraction of sp³-hybridized carbons (Fsp3) is 1.00. The second-order valence-corrected chi connectivity index (χ2v) is 4.50. The third kappa shape index (κ3) is 5.86. The maximum absolute atomic E-state index is 9.67. The first kappa shape index (κ1) is 12.3. The Bertz CT molecular complexity index is 117. The van der Waals surface area contributed by atoms with E-state index in [0.717, 1.165) is 12.2 Å². The Morgan fingerprint density at radius 2 is 2.17 bits per heavy atom. The fourth-order valence-corrected chi connectivity index (χ4v) is 1.45. The second kappa shape index (κ2) is 5.84. The van der Waals surface area contributed by atoms with Gasteiger partial charge in [-0.2, -0.15) is 11.8 Å². The van der Waals surface area contributed by atoms with Crippen LogP contribution in [0, 0.1) is 0 Å². The Hall–Kier alpha value is 0.270. The SMILES string of the molecule is CCC(C)(O)CNC(C)CSC. The highest BCUT2D eigenvalue weighted by Gasteiger charge is 2.17. The molecule has 0 bridgehead atoms. The monoisotopic (exact) mass is 191 g/mol. The summed E-state index contributed by atoms with van der Waals surface area (Å²) in [5.41, 5.74) is -0.549. The normalized spacial score (nSPS) is 18.8. The van der Waals surface area contributed by atoms with E-state index in [9.17, 15) is 5.11 Å². The Morgan fingerprint density at radius 3 is 2.58 bits per heavy atom. The molecule has 0 aromatic heterocycles. The highest BCUT2D eigenvalue weighted by atomic mass is 32.2. The summed E-state index contributed by atoms with van der Waals surface area (Å²) in [6.07, 6.45) is 2.89. The smallest absolute Gasteiger partial charge is 0.0741 e. The van der Waals surface area contributed by atoms with Gasteiger partial charge in [-0.3, -0.25) is 0 Å². The van der Waals surface area contributed by atoms with Gasteiger partial charge in [0.1, 0.15) is 0 Å². The summed E-state index contributed by atoms with van der Waals surface area (Å²) in [7, 11) is 0. The lowest BCUT2D eigenvalue weighted by Gasteiger charge is -2.24. The molecule has 0 amide bonds. The van der Waals surface area contributed by atoms with Crippen LogP contribution in [0.5, 0.6) is 0 Å². The number of rotatable bonds is 6. The van der Waals surface area contributed by atoms with Crippen LogP contribution in [0.3, 0.4) is 0 Å². The van der Waals surface area contributed by atoms with Gasteiger partial charge in [0.15, 0.2) is 0 Å². The molecular formula is C9H21NOS. The lowest BCUT2D eigenvalue weighted by atomic mass is 10.0. The molecule has 0 radical (unpaired) electrons. The summed E-state index contributed by atoms with van der Waals surface area (Å²) < 4.78 is 0. The molecule has 0 aliphatic carbocycles. The predicted molar refractivity (Wildman–Crippen MR) is 56.8 cm³/mol. The van der Waals surface area contributed by atoms with Crippen molar-refractivity contribution < 1.29 is 5.11 Å². The van der Waals surface area contributed by atoms with E-state index in [-0.39, 0.29) is 0 Å². The van der Waals surface area contributed by atoms with Crippen LogP contribution in [0.4, 0.5) is 0 Å². The van der Waals surface area contributed by atoms with Crippen molar-refractivity contribution in [3.63, 3.8) is 0 Å². The molecule has 0 saturated carbocycles. The van der Waals surface area contributed by atoms with Crippen LogP contribution in [0.25, 0.3) is 0 Å². The van der Waals surface area contributed by atoms with E-state index in [1.165, 1.54) is 0 Å². The molecule has 0 aliphatic rings. The number of aliphatic hydroxyl groups is 1. The van der Waals surface area contributed by atoms with Gasteiger partial charge in [-0.05, 0) is 26.5 Å². The molecule has 0 rings (SSSR count). The molecule has 0 aromatic rings. The molecule has 74 valence electrons. The first-order valence-electron chi connectivity index (χ1n) is 4.46. The van der Waals surface area contributed by atoms with Crippen molar-refractivity contribution in [3.8, 4) is 0 Å². The molecule has 0 heterocycles. The zero-order valence-electron chi connectivity index (χ0n) is 8.55. The molecule has 0 saturated heterocycles. The van der Waals surface area contributed by atoms with Crippen molar-refractivity contribution in [1.29, 1.82) is 0 Å². The minimum atomic E-state index is -0.549. The predicted octanol–water partition coefficient (Wildman–Crippen LogP) is 1.49. The minimum Gasteiger partial charge on any atom is -0.389 e. The summed E-state index contributed by atoms with van der Waals surface area (Å²) in [6, 6.07) is 0.484. The van der Waals surface area contributed by atoms with Gasteiger partial charge in [-0.1, -0.05) is 6.92 Å². The van der Waals surface area contributed by atoms with Crippen molar-refractivity contribution in [3.05, 3.63) is 0 Å². The fourth-order valence-electron chi connectivity index (χ4n) is 0.828.